The van der Waals surface area contributed by atoms with E-state index >= 15 is 0 Å². The molecule has 1 aromatic rings. The van der Waals surface area contributed by atoms with Crippen LogP contribution in [0.25, 0.3) is 0 Å². The van der Waals surface area contributed by atoms with E-state index in [1.807, 2.05) is 18.3 Å². The number of aromatic nitrogens is 1. The molecule has 0 aliphatic carbocycles. The van der Waals surface area contributed by atoms with Gasteiger partial charge in [-0.1, -0.05) is 6.07 Å². The zero-order valence-corrected chi connectivity index (χ0v) is 13.9. The molecule has 0 saturated carbocycles. The number of rotatable bonds is 6. The fraction of sp³-hybridized carbons (Fsp3) is 0.647. The molecular weight excluding hydrogens is 274 g/mol. The van der Waals surface area contributed by atoms with E-state index in [1.54, 1.807) is 0 Å². The molecule has 2 heterocycles. The summed E-state index contributed by atoms with van der Waals surface area (Å²) in [7, 11) is 2.20. The topological polar surface area (TPSA) is 52.6 Å². The Labute approximate surface area is 134 Å². The highest BCUT2D eigenvalue weighted by atomic mass is 15.2. The van der Waals surface area contributed by atoms with Gasteiger partial charge in [-0.3, -0.25) is 9.98 Å². The fourth-order valence-corrected chi connectivity index (χ4v) is 2.66. The minimum atomic E-state index is 0.724. The van der Waals surface area contributed by atoms with Crippen molar-refractivity contribution in [3.05, 3.63) is 30.1 Å². The molecule has 0 amide bonds. The molecule has 22 heavy (non-hydrogen) atoms. The number of hydrogen-bond donors (Lipinski definition) is 2. The van der Waals surface area contributed by atoms with Crippen molar-refractivity contribution >= 4 is 5.96 Å². The van der Waals surface area contributed by atoms with Crippen LogP contribution < -0.4 is 10.6 Å². The number of nitrogens with zero attached hydrogens (tertiary/aromatic N) is 3. The van der Waals surface area contributed by atoms with Crippen LogP contribution >= 0.6 is 0 Å². The second-order valence-corrected chi connectivity index (χ2v) is 5.96. The van der Waals surface area contributed by atoms with Gasteiger partial charge in [0.1, 0.15) is 0 Å². The molecule has 2 N–H and O–H groups in total. The van der Waals surface area contributed by atoms with Crippen molar-refractivity contribution in [1.29, 1.82) is 0 Å². The van der Waals surface area contributed by atoms with Crippen molar-refractivity contribution in [1.82, 2.24) is 20.5 Å². The SMILES string of the molecule is CCNC(=NCC1CCN(C)CC1)NCCc1ccccn1. The molecule has 1 aliphatic rings. The van der Waals surface area contributed by atoms with Gasteiger partial charge in [-0.15, -0.1) is 0 Å². The third-order valence-electron chi connectivity index (χ3n) is 4.09. The molecule has 2 rings (SSSR count). The number of pyridine rings is 1. The smallest absolute Gasteiger partial charge is 0.191 e. The maximum atomic E-state index is 4.75. The molecular formula is C17H29N5. The van der Waals surface area contributed by atoms with Gasteiger partial charge in [0.15, 0.2) is 5.96 Å². The Hall–Kier alpha value is -1.62. The van der Waals surface area contributed by atoms with Crippen LogP contribution in [0.3, 0.4) is 0 Å². The largest absolute Gasteiger partial charge is 0.357 e. The minimum Gasteiger partial charge on any atom is -0.357 e. The van der Waals surface area contributed by atoms with Gasteiger partial charge in [-0.05, 0) is 58.0 Å². The van der Waals surface area contributed by atoms with Crippen molar-refractivity contribution in [2.24, 2.45) is 10.9 Å². The van der Waals surface area contributed by atoms with E-state index in [9.17, 15) is 0 Å². The van der Waals surface area contributed by atoms with Gasteiger partial charge in [-0.25, -0.2) is 0 Å². The number of piperidine rings is 1. The first-order valence-corrected chi connectivity index (χ1v) is 8.38. The summed E-state index contributed by atoms with van der Waals surface area (Å²) in [6.45, 7) is 7.17. The molecule has 0 bridgehead atoms. The van der Waals surface area contributed by atoms with E-state index in [1.165, 1.54) is 25.9 Å². The Morgan fingerprint density at radius 2 is 2.14 bits per heavy atom. The Morgan fingerprint density at radius 1 is 1.32 bits per heavy atom. The molecule has 0 unspecified atom stereocenters. The number of guanidine groups is 1. The second-order valence-electron chi connectivity index (χ2n) is 5.96. The highest BCUT2D eigenvalue weighted by Gasteiger charge is 2.16. The standard InChI is InChI=1S/C17H29N5/c1-3-18-17(20-11-7-16-6-4-5-10-19-16)21-14-15-8-12-22(2)13-9-15/h4-6,10,15H,3,7-9,11-14H2,1-2H3,(H2,18,20,21). The summed E-state index contributed by atoms with van der Waals surface area (Å²) in [6.07, 6.45) is 5.27. The van der Waals surface area contributed by atoms with Gasteiger partial charge in [0, 0.05) is 37.9 Å². The van der Waals surface area contributed by atoms with Crippen LogP contribution in [-0.4, -0.2) is 55.6 Å². The van der Waals surface area contributed by atoms with Crippen LogP contribution in [0, 0.1) is 5.92 Å². The van der Waals surface area contributed by atoms with E-state index in [-0.39, 0.29) is 0 Å². The molecule has 0 aromatic carbocycles. The quantitative estimate of drug-likeness (QED) is 0.618. The first-order chi connectivity index (χ1) is 10.8. The average molecular weight is 303 g/mol. The van der Waals surface area contributed by atoms with Crippen LogP contribution in [-0.2, 0) is 6.42 Å². The number of nitrogens with one attached hydrogen (secondary N) is 2. The van der Waals surface area contributed by atoms with Crippen LogP contribution in [0.1, 0.15) is 25.5 Å². The third kappa shape index (κ3) is 6.02. The average Bonchev–Trinajstić information content (AvgIpc) is 2.55. The van der Waals surface area contributed by atoms with Crippen LogP contribution in [0.4, 0.5) is 0 Å². The summed E-state index contributed by atoms with van der Waals surface area (Å²) in [5, 5.41) is 6.73. The summed E-state index contributed by atoms with van der Waals surface area (Å²) in [5.74, 6) is 1.65. The lowest BCUT2D eigenvalue weighted by atomic mass is 9.97. The van der Waals surface area contributed by atoms with E-state index in [4.69, 9.17) is 4.99 Å². The third-order valence-corrected chi connectivity index (χ3v) is 4.09. The van der Waals surface area contributed by atoms with Crippen molar-refractivity contribution in [2.75, 3.05) is 39.8 Å². The molecule has 0 radical (unpaired) electrons. The van der Waals surface area contributed by atoms with Crippen LogP contribution in [0.2, 0.25) is 0 Å². The lowest BCUT2D eigenvalue weighted by molar-refractivity contribution is 0.223. The highest BCUT2D eigenvalue weighted by molar-refractivity contribution is 5.79. The fourth-order valence-electron chi connectivity index (χ4n) is 2.66. The molecule has 1 fully saturated rings. The summed E-state index contributed by atoms with van der Waals surface area (Å²) in [5.41, 5.74) is 1.11. The van der Waals surface area contributed by atoms with Crippen molar-refractivity contribution in [2.45, 2.75) is 26.2 Å². The first-order valence-electron chi connectivity index (χ1n) is 8.38. The molecule has 0 atom stereocenters. The number of hydrogen-bond acceptors (Lipinski definition) is 3. The van der Waals surface area contributed by atoms with Gasteiger partial charge >= 0.3 is 0 Å². The number of likely N-dealkylation sites (tertiary alicyclic amines) is 1. The second kappa shape index (κ2) is 9.41. The molecule has 5 heteroatoms. The normalized spacial score (nSPS) is 17.5. The summed E-state index contributed by atoms with van der Waals surface area (Å²) >= 11 is 0. The van der Waals surface area contributed by atoms with Gasteiger partial charge in [0.2, 0.25) is 0 Å². The lowest BCUT2D eigenvalue weighted by Crippen LogP contribution is -2.39. The summed E-state index contributed by atoms with van der Waals surface area (Å²) in [4.78, 5) is 11.5. The molecule has 1 aromatic heterocycles. The monoisotopic (exact) mass is 303 g/mol. The lowest BCUT2D eigenvalue weighted by Gasteiger charge is -2.28. The van der Waals surface area contributed by atoms with Crippen molar-refractivity contribution < 1.29 is 0 Å². The maximum Gasteiger partial charge on any atom is 0.191 e. The van der Waals surface area contributed by atoms with Gasteiger partial charge in [0.25, 0.3) is 0 Å². The highest BCUT2D eigenvalue weighted by Crippen LogP contribution is 2.15. The first kappa shape index (κ1) is 16.7. The Morgan fingerprint density at radius 3 is 2.82 bits per heavy atom. The Bertz CT molecular complexity index is 438. The molecule has 1 saturated heterocycles. The summed E-state index contributed by atoms with van der Waals surface area (Å²) < 4.78 is 0. The van der Waals surface area contributed by atoms with E-state index in [2.05, 4.69) is 40.6 Å². The van der Waals surface area contributed by atoms with Crippen molar-refractivity contribution in [3.8, 4) is 0 Å². The summed E-state index contributed by atoms with van der Waals surface area (Å²) in [6, 6.07) is 6.04. The predicted octanol–water partition coefficient (Wildman–Crippen LogP) is 1.52. The zero-order valence-electron chi connectivity index (χ0n) is 13.9. The van der Waals surface area contributed by atoms with E-state index < -0.39 is 0 Å². The molecule has 0 spiro atoms. The predicted molar refractivity (Wildman–Crippen MR) is 92.1 cm³/mol. The molecule has 5 nitrogen and oxygen atoms in total. The number of aliphatic imine (C=N–C) groups is 1. The van der Waals surface area contributed by atoms with Gasteiger partial charge in [-0.2, -0.15) is 0 Å². The van der Waals surface area contributed by atoms with Gasteiger partial charge in [0.05, 0.1) is 0 Å². The van der Waals surface area contributed by atoms with Gasteiger partial charge < -0.3 is 15.5 Å². The van der Waals surface area contributed by atoms with Crippen LogP contribution in [0.5, 0.6) is 0 Å². The molecule has 122 valence electrons. The van der Waals surface area contributed by atoms with Crippen molar-refractivity contribution in [3.63, 3.8) is 0 Å². The zero-order chi connectivity index (χ0) is 15.6. The minimum absolute atomic E-state index is 0.724. The van der Waals surface area contributed by atoms with Crippen LogP contribution in [0.15, 0.2) is 29.4 Å². The van der Waals surface area contributed by atoms with E-state index in [0.29, 0.717) is 0 Å². The van der Waals surface area contributed by atoms with E-state index in [0.717, 1.165) is 43.6 Å². The Kier molecular flexibility index (Phi) is 7.16. The Balaban J connectivity index is 1.74. The molecule has 1 aliphatic heterocycles. The maximum absolute atomic E-state index is 4.75.